The van der Waals surface area contributed by atoms with E-state index in [2.05, 4.69) is 42.0 Å². The number of carboxylic acids is 3. The Bertz CT molecular complexity index is 1160. The smallest absolute Gasteiger partial charge is 0.336 e. The highest BCUT2D eigenvalue weighted by molar-refractivity contribution is 9.09. The minimum absolute atomic E-state index is 0.0922. The number of carbonyl (C=O) groups excluding carboxylic acids is 2. The van der Waals surface area contributed by atoms with Gasteiger partial charge in [-0.2, -0.15) is 0 Å². The molecule has 0 amide bonds. The average Bonchev–Trinajstić information content (AvgIpc) is 3.31. The number of carboxylic acid groups (broad SMARTS) is 3. The third-order valence-electron chi connectivity index (χ3n) is 12.1. The third-order valence-corrected chi connectivity index (χ3v) is 13.2. The molecule has 1 unspecified atom stereocenters. The first-order chi connectivity index (χ1) is 21.9. The van der Waals surface area contributed by atoms with Gasteiger partial charge in [-0.25, -0.2) is 4.79 Å². The van der Waals surface area contributed by atoms with Crippen LogP contribution in [-0.4, -0.2) is 91.4 Å². The van der Waals surface area contributed by atoms with Crippen LogP contribution in [0, 0.1) is 46.3 Å². The average molecular weight is 733 g/mol. The molecule has 0 aromatic rings. The standard InChI is InChI=1S/C28H46BrNO4.C6H8O7/c1-6-7-8-17-14-27(3)20(16(2)31)11-12-21(27)19-10-9-18-13-22(32)25(29)26(28(18,4)24(17)19)34-23(33)15-30-5;7-3(8)1-6(13,5(11)12)2-4(9)10/h17-22,24-26,30,32H,6-15H2,1-5H3;13H,1-2H2,(H,7,8)(H,9,10)(H,11,12)/t17-,18-,19-,20+,21-,22-,24-,25+,26?,27+,28-;/m0./s1. The fraction of sp³-hybridized carbons (Fsp3) is 0.853. The molecule has 11 atom stereocenters. The van der Waals surface area contributed by atoms with E-state index < -0.39 is 42.5 Å². The van der Waals surface area contributed by atoms with E-state index in [0.717, 1.165) is 32.1 Å². The summed E-state index contributed by atoms with van der Waals surface area (Å²) in [6.45, 7) is 9.05. The Morgan fingerprint density at radius 1 is 1.00 bits per heavy atom. The summed E-state index contributed by atoms with van der Waals surface area (Å²) < 4.78 is 6.22. The first-order valence-electron chi connectivity index (χ1n) is 16.9. The van der Waals surface area contributed by atoms with Crippen LogP contribution in [0.3, 0.4) is 0 Å². The first kappa shape index (κ1) is 39.3. The molecule has 268 valence electrons. The number of aliphatic hydroxyl groups is 2. The highest BCUT2D eigenvalue weighted by Gasteiger charge is 2.67. The molecule has 0 aromatic carbocycles. The monoisotopic (exact) mass is 731 g/mol. The summed E-state index contributed by atoms with van der Waals surface area (Å²) in [7, 11) is 1.76. The van der Waals surface area contributed by atoms with Crippen LogP contribution in [0.5, 0.6) is 0 Å². The lowest BCUT2D eigenvalue weighted by Gasteiger charge is -2.65. The Hall–Kier alpha value is -2.09. The lowest BCUT2D eigenvalue weighted by molar-refractivity contribution is -0.212. The molecule has 0 aromatic heterocycles. The summed E-state index contributed by atoms with van der Waals surface area (Å²) in [4.78, 5) is 55.7. The van der Waals surface area contributed by atoms with Crippen LogP contribution in [0.2, 0.25) is 0 Å². The Balaban J connectivity index is 0.000000392. The van der Waals surface area contributed by atoms with Crippen molar-refractivity contribution in [2.45, 2.75) is 121 Å². The molecule has 4 saturated carbocycles. The Morgan fingerprint density at radius 2 is 1.62 bits per heavy atom. The van der Waals surface area contributed by atoms with E-state index in [0.29, 0.717) is 35.4 Å². The van der Waals surface area contributed by atoms with Crippen LogP contribution in [0.1, 0.15) is 98.3 Å². The number of Topliss-reactive ketones (excluding diaryl/α,β-unsaturated/α-hetero) is 1. The van der Waals surface area contributed by atoms with Gasteiger partial charge in [0.2, 0.25) is 0 Å². The minimum atomic E-state index is -2.74. The van der Waals surface area contributed by atoms with Gasteiger partial charge in [-0.05, 0) is 87.5 Å². The molecule has 0 saturated heterocycles. The molecule has 4 aliphatic rings. The molecule has 0 bridgehead atoms. The number of ether oxygens (including phenoxy) is 1. The van der Waals surface area contributed by atoms with Crippen molar-refractivity contribution in [1.29, 1.82) is 0 Å². The van der Waals surface area contributed by atoms with Crippen molar-refractivity contribution < 1.29 is 54.2 Å². The van der Waals surface area contributed by atoms with Crippen molar-refractivity contribution in [2.24, 2.45) is 46.3 Å². The van der Waals surface area contributed by atoms with Crippen molar-refractivity contribution in [3.63, 3.8) is 0 Å². The van der Waals surface area contributed by atoms with Crippen LogP contribution < -0.4 is 5.32 Å². The van der Waals surface area contributed by atoms with Crippen LogP contribution in [0.25, 0.3) is 0 Å². The van der Waals surface area contributed by atoms with Gasteiger partial charge in [0, 0.05) is 11.3 Å². The predicted octanol–water partition coefficient (Wildman–Crippen LogP) is 3.88. The number of unbranched alkanes of at least 4 members (excludes halogenated alkanes) is 1. The van der Waals surface area contributed by atoms with E-state index in [1.165, 1.54) is 25.7 Å². The molecule has 47 heavy (non-hydrogen) atoms. The maximum atomic E-state index is 12.7. The number of hydrogen-bond donors (Lipinski definition) is 6. The van der Waals surface area contributed by atoms with Gasteiger partial charge in [0.25, 0.3) is 0 Å². The Morgan fingerprint density at radius 3 is 2.13 bits per heavy atom. The molecule has 0 aliphatic heterocycles. The van der Waals surface area contributed by atoms with E-state index in [-0.39, 0.29) is 40.2 Å². The summed E-state index contributed by atoms with van der Waals surface area (Å²) >= 11 is 3.79. The quantitative estimate of drug-likeness (QED) is 0.125. The Kier molecular flexibility index (Phi) is 13.1. The number of hydrogen-bond acceptors (Lipinski definition) is 9. The topological polar surface area (TPSA) is 208 Å². The van der Waals surface area contributed by atoms with E-state index in [1.54, 1.807) is 14.0 Å². The second-order valence-electron chi connectivity index (χ2n) is 15.0. The Labute approximate surface area is 285 Å². The highest BCUT2D eigenvalue weighted by atomic mass is 79.9. The third kappa shape index (κ3) is 8.05. The van der Waals surface area contributed by atoms with Crippen molar-refractivity contribution in [3.05, 3.63) is 0 Å². The molecular weight excluding hydrogens is 678 g/mol. The summed E-state index contributed by atoms with van der Waals surface area (Å²) in [5, 5.41) is 47.7. The molecule has 13 heteroatoms. The maximum absolute atomic E-state index is 12.7. The number of nitrogens with one attached hydrogen (secondary N) is 1. The highest BCUT2D eigenvalue weighted by Crippen LogP contribution is 2.70. The molecule has 12 nitrogen and oxygen atoms in total. The molecule has 4 rings (SSSR count). The fourth-order valence-corrected chi connectivity index (χ4v) is 11.2. The molecule has 4 fully saturated rings. The molecule has 0 heterocycles. The van der Waals surface area contributed by atoms with Crippen LogP contribution in [0.15, 0.2) is 0 Å². The largest absolute Gasteiger partial charge is 0.481 e. The fourth-order valence-electron chi connectivity index (χ4n) is 10.3. The van der Waals surface area contributed by atoms with Crippen LogP contribution >= 0.6 is 15.9 Å². The van der Waals surface area contributed by atoms with E-state index in [4.69, 9.17) is 25.2 Å². The number of carbonyl (C=O) groups is 5. The van der Waals surface area contributed by atoms with Crippen molar-refractivity contribution >= 4 is 45.6 Å². The van der Waals surface area contributed by atoms with Crippen molar-refractivity contribution in [3.8, 4) is 0 Å². The zero-order valence-electron chi connectivity index (χ0n) is 28.2. The number of ketones is 1. The molecule has 4 aliphatic carbocycles. The number of esters is 1. The molecule has 0 spiro atoms. The van der Waals surface area contributed by atoms with Crippen LogP contribution in [-0.2, 0) is 28.7 Å². The second kappa shape index (κ2) is 15.6. The molecular formula is C34H54BrNO11. The van der Waals surface area contributed by atoms with Gasteiger partial charge in [0.05, 0.1) is 30.3 Å². The lowest BCUT2D eigenvalue weighted by atomic mass is 9.41. The number of rotatable bonds is 12. The number of fused-ring (bicyclic) bond motifs is 5. The summed E-state index contributed by atoms with van der Waals surface area (Å²) in [5.41, 5.74) is -2.82. The normalized spacial score (nSPS) is 37.7. The number of aliphatic hydroxyl groups excluding tert-OH is 1. The first-order valence-corrected chi connectivity index (χ1v) is 17.8. The zero-order chi connectivity index (χ0) is 35.5. The maximum Gasteiger partial charge on any atom is 0.336 e. The van der Waals surface area contributed by atoms with Gasteiger partial charge < -0.3 is 35.6 Å². The van der Waals surface area contributed by atoms with Crippen LogP contribution in [0.4, 0.5) is 0 Å². The molecule has 6 N–H and O–H groups in total. The van der Waals surface area contributed by atoms with Gasteiger partial charge in [0.1, 0.15) is 11.9 Å². The van der Waals surface area contributed by atoms with Gasteiger partial charge in [0.15, 0.2) is 5.60 Å². The second-order valence-corrected chi connectivity index (χ2v) is 16.0. The van der Waals surface area contributed by atoms with E-state index in [9.17, 15) is 29.1 Å². The lowest BCUT2D eigenvalue weighted by Crippen LogP contribution is -2.65. The van der Waals surface area contributed by atoms with Gasteiger partial charge in [-0.3, -0.25) is 19.2 Å². The number of halogens is 1. The van der Waals surface area contributed by atoms with Crippen molar-refractivity contribution in [1.82, 2.24) is 5.32 Å². The summed E-state index contributed by atoms with van der Waals surface area (Å²) in [6, 6.07) is 0. The van der Waals surface area contributed by atoms with E-state index in [1.807, 2.05) is 0 Å². The van der Waals surface area contributed by atoms with Gasteiger partial charge >= 0.3 is 23.9 Å². The SMILES string of the molecule is CCCC[C@H]1C[C@]2(C)[C@@H](C(C)=O)CC[C@H]2[C@@H]2CC[C@H]3C[C@H](O)[C@@H](Br)C(OC(=O)CNC)[C@]3(C)[C@@H]12.O=C(O)CC(O)(CC(=O)O)C(=O)O. The summed E-state index contributed by atoms with van der Waals surface area (Å²) in [5.74, 6) is -2.23. The predicted molar refractivity (Wildman–Crippen MR) is 175 cm³/mol. The van der Waals surface area contributed by atoms with Gasteiger partial charge in [-0.1, -0.05) is 56.0 Å². The van der Waals surface area contributed by atoms with Crippen molar-refractivity contribution in [2.75, 3.05) is 13.6 Å². The molecule has 0 radical (unpaired) electrons. The van der Waals surface area contributed by atoms with E-state index >= 15 is 0 Å². The number of alkyl halides is 1. The minimum Gasteiger partial charge on any atom is -0.481 e. The number of likely N-dealkylation sites (N-methyl/N-ethyl adjacent to an activating group) is 1. The summed E-state index contributed by atoms with van der Waals surface area (Å²) in [6.07, 6.45) is 6.73. The van der Waals surface area contributed by atoms with Gasteiger partial charge in [-0.15, -0.1) is 0 Å². The zero-order valence-corrected chi connectivity index (χ0v) is 29.8. The number of aliphatic carboxylic acids is 3.